The summed E-state index contributed by atoms with van der Waals surface area (Å²) in [4.78, 5) is 35.0. The van der Waals surface area contributed by atoms with Crippen LogP contribution >= 0.6 is 7.82 Å². The largest absolute Gasteiger partial charge is 0.472 e. The third kappa shape index (κ3) is 51.5. The molecule has 0 aromatic rings. The first kappa shape index (κ1) is 63.2. The predicted molar refractivity (Wildman–Crippen MR) is 275 cm³/mol. The van der Waals surface area contributed by atoms with Crippen molar-refractivity contribution < 1.29 is 37.6 Å². The number of nitrogens with two attached hydrogens (primary N) is 1. The van der Waals surface area contributed by atoms with Gasteiger partial charge in [0.1, 0.15) is 6.61 Å². The quantitative estimate of drug-likeness (QED) is 0.0264. The molecule has 0 amide bonds. The van der Waals surface area contributed by atoms with Crippen LogP contribution in [0.3, 0.4) is 0 Å². The summed E-state index contributed by atoms with van der Waals surface area (Å²) in [5.74, 6) is -0.816. The highest BCUT2D eigenvalue weighted by Crippen LogP contribution is 2.43. The number of phosphoric ester groups is 1. The lowest BCUT2D eigenvalue weighted by atomic mass is 10.0. The normalized spacial score (nSPS) is 13.4. The molecule has 2 unspecified atom stereocenters. The number of phosphoric acid groups is 1. The van der Waals surface area contributed by atoms with E-state index in [1.807, 2.05) is 0 Å². The Labute approximate surface area is 401 Å². The van der Waals surface area contributed by atoms with Gasteiger partial charge in [-0.3, -0.25) is 18.6 Å². The topological polar surface area (TPSA) is 134 Å². The average molecular weight is 938 g/mol. The van der Waals surface area contributed by atoms with Gasteiger partial charge in [-0.2, -0.15) is 0 Å². The van der Waals surface area contributed by atoms with Gasteiger partial charge < -0.3 is 20.1 Å². The lowest BCUT2D eigenvalue weighted by molar-refractivity contribution is -0.161. The maximum Gasteiger partial charge on any atom is 0.472 e. The fourth-order valence-corrected chi connectivity index (χ4v) is 8.70. The van der Waals surface area contributed by atoms with E-state index in [4.69, 9.17) is 24.3 Å². The van der Waals surface area contributed by atoms with Gasteiger partial charge in [-0.25, -0.2) is 4.57 Å². The average Bonchev–Trinajstić information content (AvgIpc) is 3.30. The predicted octanol–water partition coefficient (Wildman–Crippen LogP) is 16.8. The van der Waals surface area contributed by atoms with Crippen LogP contribution in [0.25, 0.3) is 0 Å². The molecule has 0 radical (unpaired) electrons. The van der Waals surface area contributed by atoms with Gasteiger partial charge in [-0.1, -0.05) is 243 Å². The fraction of sp³-hybridized carbons (Fsp3) is 0.855. The van der Waals surface area contributed by atoms with Gasteiger partial charge in [0.05, 0.1) is 13.2 Å². The Hall–Kier alpha value is -1.77. The third-order valence-electron chi connectivity index (χ3n) is 12.0. The zero-order valence-electron chi connectivity index (χ0n) is 42.5. The molecule has 0 heterocycles. The number of hydrogen-bond donors (Lipinski definition) is 2. The molecule has 3 N–H and O–H groups in total. The first-order valence-electron chi connectivity index (χ1n) is 27.5. The second-order valence-corrected chi connectivity index (χ2v) is 19.9. The maximum atomic E-state index is 12.7. The molecule has 0 aromatic carbocycles. The van der Waals surface area contributed by atoms with E-state index in [9.17, 15) is 19.0 Å². The highest BCUT2D eigenvalue weighted by Gasteiger charge is 2.26. The van der Waals surface area contributed by atoms with Crippen molar-refractivity contribution in [2.45, 2.75) is 277 Å². The molecule has 0 fully saturated rings. The lowest BCUT2D eigenvalue weighted by Crippen LogP contribution is -2.29. The van der Waals surface area contributed by atoms with Gasteiger partial charge in [0.15, 0.2) is 6.10 Å². The minimum Gasteiger partial charge on any atom is -0.462 e. The highest BCUT2D eigenvalue weighted by molar-refractivity contribution is 7.47. The van der Waals surface area contributed by atoms with E-state index < -0.39 is 26.5 Å². The third-order valence-corrected chi connectivity index (χ3v) is 13.0. The molecule has 382 valence electrons. The molecule has 0 rings (SSSR count). The lowest BCUT2D eigenvalue weighted by Gasteiger charge is -2.19. The van der Waals surface area contributed by atoms with Crippen LogP contribution in [0.2, 0.25) is 0 Å². The molecule has 0 spiro atoms. The van der Waals surface area contributed by atoms with Crippen molar-refractivity contribution in [3.63, 3.8) is 0 Å². The Morgan fingerprint density at radius 1 is 0.462 bits per heavy atom. The van der Waals surface area contributed by atoms with Crippen molar-refractivity contribution in [2.75, 3.05) is 26.4 Å². The van der Waals surface area contributed by atoms with Crippen LogP contribution in [0.15, 0.2) is 36.5 Å². The highest BCUT2D eigenvalue weighted by atomic mass is 31.2. The molecule has 0 aliphatic carbocycles. The number of rotatable bonds is 52. The Bertz CT molecular complexity index is 1160. The van der Waals surface area contributed by atoms with Crippen LogP contribution < -0.4 is 5.73 Å². The summed E-state index contributed by atoms with van der Waals surface area (Å²) >= 11 is 0. The van der Waals surface area contributed by atoms with Crippen molar-refractivity contribution in [1.29, 1.82) is 0 Å². The number of allylic oxidation sites excluding steroid dienone is 6. The van der Waals surface area contributed by atoms with Gasteiger partial charge in [0.25, 0.3) is 0 Å². The van der Waals surface area contributed by atoms with E-state index in [1.165, 1.54) is 193 Å². The minimum atomic E-state index is -4.38. The van der Waals surface area contributed by atoms with Gasteiger partial charge in [0.2, 0.25) is 0 Å². The molecule has 65 heavy (non-hydrogen) atoms. The van der Waals surface area contributed by atoms with Crippen molar-refractivity contribution in [3.8, 4) is 0 Å². The molecule has 0 saturated heterocycles. The summed E-state index contributed by atoms with van der Waals surface area (Å²) < 4.78 is 32.9. The van der Waals surface area contributed by atoms with Crippen molar-refractivity contribution >= 4 is 19.8 Å². The van der Waals surface area contributed by atoms with Crippen LogP contribution in [0.4, 0.5) is 0 Å². The molecular weight excluding hydrogens is 834 g/mol. The van der Waals surface area contributed by atoms with E-state index in [0.29, 0.717) is 6.42 Å². The van der Waals surface area contributed by atoms with Crippen LogP contribution in [-0.2, 0) is 32.7 Å². The first-order chi connectivity index (χ1) is 31.8. The summed E-state index contributed by atoms with van der Waals surface area (Å²) in [6.07, 6.45) is 60.6. The van der Waals surface area contributed by atoms with Gasteiger partial charge in [0, 0.05) is 19.4 Å². The molecule has 0 aliphatic rings. The molecule has 2 atom stereocenters. The Balaban J connectivity index is 3.89. The number of hydrogen-bond acceptors (Lipinski definition) is 8. The van der Waals surface area contributed by atoms with Crippen molar-refractivity contribution in [3.05, 3.63) is 36.5 Å². The number of ether oxygens (including phenoxy) is 2. The van der Waals surface area contributed by atoms with E-state index in [2.05, 4.69) is 50.3 Å². The number of carbonyl (C=O) groups excluding carboxylic acids is 2. The second kappa shape index (κ2) is 51.6. The molecular formula is C55H104NO8P. The first-order valence-corrected chi connectivity index (χ1v) is 29.0. The van der Waals surface area contributed by atoms with Crippen molar-refractivity contribution in [2.24, 2.45) is 5.73 Å². The Morgan fingerprint density at radius 3 is 1.18 bits per heavy atom. The van der Waals surface area contributed by atoms with E-state index in [0.717, 1.165) is 44.9 Å². The van der Waals surface area contributed by atoms with Gasteiger partial charge >= 0.3 is 19.8 Å². The number of carbonyl (C=O) groups is 2. The van der Waals surface area contributed by atoms with E-state index in [1.54, 1.807) is 0 Å². The SMILES string of the molecule is CCCCCCC/C=C\C/C=C\C/C=C\CCCCCCCCCCCCCCCCCCC(=O)OC(COC(=O)CCCCCCCCCCCCCCC)COP(=O)(O)OCCN. The van der Waals surface area contributed by atoms with Crippen molar-refractivity contribution in [1.82, 2.24) is 0 Å². The number of esters is 2. The molecule has 0 bridgehead atoms. The van der Waals surface area contributed by atoms with E-state index >= 15 is 0 Å². The summed E-state index contributed by atoms with van der Waals surface area (Å²) in [5, 5.41) is 0. The smallest absolute Gasteiger partial charge is 0.462 e. The number of unbranched alkanes of at least 4 members (excludes halogenated alkanes) is 33. The van der Waals surface area contributed by atoms with Crippen LogP contribution in [0, 0.1) is 0 Å². The summed E-state index contributed by atoms with van der Waals surface area (Å²) in [6, 6.07) is 0. The standard InChI is InChI=1S/C55H104NO8P/c1-3-5-7-9-11-13-15-17-18-19-20-21-22-23-24-25-26-27-28-29-30-31-32-33-34-36-38-40-42-44-46-48-55(58)64-53(52-63-65(59,60)62-50-49-56)51-61-54(57)47-45-43-41-39-37-35-16-14-12-10-8-6-4-2/h15,17,19-20,22-23,53H,3-14,16,18,21,24-52,56H2,1-2H3,(H,59,60)/b17-15-,20-19-,23-22-. The Morgan fingerprint density at radius 2 is 0.800 bits per heavy atom. The van der Waals surface area contributed by atoms with Crippen LogP contribution in [0.1, 0.15) is 271 Å². The molecule has 0 aliphatic heterocycles. The van der Waals surface area contributed by atoms with Crippen LogP contribution in [-0.4, -0.2) is 49.3 Å². The minimum absolute atomic E-state index is 0.0553. The molecule has 0 aromatic heterocycles. The molecule has 10 heteroatoms. The van der Waals surface area contributed by atoms with E-state index in [-0.39, 0.29) is 38.6 Å². The monoisotopic (exact) mass is 938 g/mol. The Kier molecular flexibility index (Phi) is 50.2. The van der Waals surface area contributed by atoms with Crippen LogP contribution in [0.5, 0.6) is 0 Å². The zero-order chi connectivity index (χ0) is 47.4. The second-order valence-electron chi connectivity index (χ2n) is 18.5. The molecule has 9 nitrogen and oxygen atoms in total. The fourth-order valence-electron chi connectivity index (χ4n) is 7.94. The van der Waals surface area contributed by atoms with Gasteiger partial charge in [-0.15, -0.1) is 0 Å². The molecule has 0 saturated carbocycles. The zero-order valence-corrected chi connectivity index (χ0v) is 43.4. The van der Waals surface area contributed by atoms with Gasteiger partial charge in [-0.05, 0) is 51.4 Å². The maximum absolute atomic E-state index is 12.7. The summed E-state index contributed by atoms with van der Waals surface area (Å²) in [6.45, 7) is 3.76. The summed E-state index contributed by atoms with van der Waals surface area (Å²) in [7, 11) is -4.38. The summed E-state index contributed by atoms with van der Waals surface area (Å²) in [5.41, 5.74) is 5.37.